The first-order valence-corrected chi connectivity index (χ1v) is 8.77. The topological polar surface area (TPSA) is 80.2 Å². The predicted molar refractivity (Wildman–Crippen MR) is 102 cm³/mol. The molecular formula is C17H16Br2N2O4. The largest absolute Gasteiger partial charge is 0.507 e. The molecule has 1 amide bonds. The monoisotopic (exact) mass is 470 g/mol. The molecule has 0 fully saturated rings. The number of aromatic hydroxyl groups is 1. The van der Waals surface area contributed by atoms with E-state index in [4.69, 9.17) is 9.47 Å². The average molecular weight is 472 g/mol. The van der Waals surface area contributed by atoms with Crippen molar-refractivity contribution < 1.29 is 19.4 Å². The van der Waals surface area contributed by atoms with Crippen LogP contribution >= 0.6 is 31.9 Å². The summed E-state index contributed by atoms with van der Waals surface area (Å²) in [7, 11) is 1.51. The van der Waals surface area contributed by atoms with Crippen molar-refractivity contribution >= 4 is 44.0 Å². The molecule has 0 unspecified atom stereocenters. The zero-order valence-corrected chi connectivity index (χ0v) is 16.7. The fourth-order valence-corrected chi connectivity index (χ4v) is 3.26. The van der Waals surface area contributed by atoms with Crippen LogP contribution in [0.15, 0.2) is 44.4 Å². The van der Waals surface area contributed by atoms with Gasteiger partial charge in [-0.25, -0.2) is 5.43 Å². The summed E-state index contributed by atoms with van der Waals surface area (Å²) < 4.78 is 12.2. The highest BCUT2D eigenvalue weighted by Gasteiger charge is 2.12. The second-order valence-electron chi connectivity index (χ2n) is 5.01. The van der Waals surface area contributed by atoms with E-state index in [1.54, 1.807) is 37.3 Å². The quantitative estimate of drug-likeness (QED) is 0.496. The summed E-state index contributed by atoms with van der Waals surface area (Å²) in [5.41, 5.74) is 3.59. The maximum absolute atomic E-state index is 11.9. The van der Waals surface area contributed by atoms with E-state index >= 15 is 0 Å². The Morgan fingerprint density at radius 3 is 2.84 bits per heavy atom. The number of hydrazone groups is 1. The van der Waals surface area contributed by atoms with Gasteiger partial charge in [0.05, 0.1) is 17.8 Å². The fourth-order valence-electron chi connectivity index (χ4n) is 1.96. The molecule has 0 atom stereocenters. The van der Waals surface area contributed by atoms with E-state index in [1.165, 1.54) is 13.3 Å². The second kappa shape index (κ2) is 8.87. The minimum Gasteiger partial charge on any atom is -0.507 e. The van der Waals surface area contributed by atoms with Gasteiger partial charge in [0.25, 0.3) is 5.91 Å². The smallest absolute Gasteiger partial charge is 0.277 e. The zero-order chi connectivity index (χ0) is 18.4. The molecule has 2 aromatic carbocycles. The molecular weight excluding hydrogens is 456 g/mol. The Balaban J connectivity index is 1.95. The molecule has 8 heteroatoms. The highest BCUT2D eigenvalue weighted by molar-refractivity contribution is 9.11. The van der Waals surface area contributed by atoms with Gasteiger partial charge >= 0.3 is 0 Å². The third-order valence-corrected chi connectivity index (χ3v) is 4.25. The predicted octanol–water partition coefficient (Wildman–Crippen LogP) is 3.76. The van der Waals surface area contributed by atoms with Crippen molar-refractivity contribution in [2.45, 2.75) is 6.92 Å². The minimum absolute atomic E-state index is 0.125. The van der Waals surface area contributed by atoms with Crippen LogP contribution in [0, 0.1) is 6.92 Å². The van der Waals surface area contributed by atoms with Crippen LogP contribution in [-0.4, -0.2) is 30.9 Å². The Morgan fingerprint density at radius 1 is 1.36 bits per heavy atom. The van der Waals surface area contributed by atoms with E-state index in [9.17, 15) is 9.90 Å². The Labute approximate surface area is 162 Å². The Morgan fingerprint density at radius 2 is 2.12 bits per heavy atom. The summed E-state index contributed by atoms with van der Waals surface area (Å²) in [5, 5.41) is 13.7. The normalized spacial score (nSPS) is 10.7. The molecule has 0 bridgehead atoms. The third kappa shape index (κ3) is 5.20. The highest BCUT2D eigenvalue weighted by atomic mass is 79.9. The molecule has 0 aromatic heterocycles. The second-order valence-corrected chi connectivity index (χ2v) is 6.78. The number of nitrogens with zero attached hydrogens (tertiary/aromatic N) is 1. The number of carbonyl (C=O) groups excluding carboxylic acids is 1. The number of aryl methyl sites for hydroxylation is 1. The Bertz CT molecular complexity index is 809. The molecule has 0 aliphatic heterocycles. The van der Waals surface area contributed by atoms with Gasteiger partial charge in [0.1, 0.15) is 5.75 Å². The van der Waals surface area contributed by atoms with E-state index in [0.717, 1.165) is 10.0 Å². The number of hydrogen-bond donors (Lipinski definition) is 2. The lowest BCUT2D eigenvalue weighted by atomic mass is 10.1. The molecule has 0 heterocycles. The molecule has 0 saturated carbocycles. The van der Waals surface area contributed by atoms with Crippen molar-refractivity contribution in [2.75, 3.05) is 13.7 Å². The fraction of sp³-hybridized carbons (Fsp3) is 0.176. The molecule has 6 nitrogen and oxygen atoms in total. The summed E-state index contributed by atoms with van der Waals surface area (Å²) in [5.74, 6) is 0.587. The van der Waals surface area contributed by atoms with Gasteiger partial charge in [0.15, 0.2) is 18.1 Å². The number of carbonyl (C=O) groups is 1. The SMILES string of the molecule is COc1cc(Br)cc(Br)c1OCC(=O)N/N=C\c1cccc(C)c1O. The van der Waals surface area contributed by atoms with Crippen LogP contribution in [0.4, 0.5) is 0 Å². The summed E-state index contributed by atoms with van der Waals surface area (Å²) in [4.78, 5) is 11.9. The van der Waals surface area contributed by atoms with Crippen molar-refractivity contribution in [1.29, 1.82) is 0 Å². The van der Waals surface area contributed by atoms with Crippen LogP contribution in [0.1, 0.15) is 11.1 Å². The number of methoxy groups -OCH3 is 1. The van der Waals surface area contributed by atoms with Gasteiger partial charge in [-0.15, -0.1) is 0 Å². The number of phenolic OH excluding ortho intramolecular Hbond substituents is 1. The third-order valence-electron chi connectivity index (χ3n) is 3.20. The Hall–Kier alpha value is -2.06. The lowest BCUT2D eigenvalue weighted by molar-refractivity contribution is -0.123. The van der Waals surface area contributed by atoms with Gasteiger partial charge in [-0.1, -0.05) is 28.1 Å². The van der Waals surface area contributed by atoms with Crippen LogP contribution in [-0.2, 0) is 4.79 Å². The molecule has 25 heavy (non-hydrogen) atoms. The van der Waals surface area contributed by atoms with E-state index in [2.05, 4.69) is 42.4 Å². The lowest BCUT2D eigenvalue weighted by Gasteiger charge is -2.12. The molecule has 0 aliphatic carbocycles. The van der Waals surface area contributed by atoms with E-state index in [-0.39, 0.29) is 12.4 Å². The first-order valence-electron chi connectivity index (χ1n) is 7.18. The maximum atomic E-state index is 11.9. The Kier molecular flexibility index (Phi) is 6.83. The van der Waals surface area contributed by atoms with Gasteiger partial charge in [0, 0.05) is 10.0 Å². The summed E-state index contributed by atoms with van der Waals surface area (Å²) in [6, 6.07) is 8.78. The number of para-hydroxylation sites is 1. The molecule has 2 rings (SSSR count). The molecule has 0 saturated heterocycles. The standard InChI is InChI=1S/C17H16Br2N2O4/c1-10-4-3-5-11(16(10)23)8-20-21-15(22)9-25-17-13(19)6-12(18)7-14(17)24-2/h3-8,23H,9H2,1-2H3,(H,21,22)/b20-8-. The number of nitrogens with one attached hydrogen (secondary N) is 1. The van der Waals surface area contributed by atoms with E-state index < -0.39 is 5.91 Å². The van der Waals surface area contributed by atoms with Gasteiger partial charge in [-0.2, -0.15) is 5.10 Å². The molecule has 0 radical (unpaired) electrons. The van der Waals surface area contributed by atoms with Gasteiger partial charge in [0.2, 0.25) is 0 Å². The van der Waals surface area contributed by atoms with Gasteiger partial charge < -0.3 is 14.6 Å². The maximum Gasteiger partial charge on any atom is 0.277 e. The van der Waals surface area contributed by atoms with Crippen molar-refractivity contribution in [3.05, 3.63) is 50.4 Å². The molecule has 0 spiro atoms. The molecule has 0 aliphatic rings. The van der Waals surface area contributed by atoms with Crippen LogP contribution < -0.4 is 14.9 Å². The van der Waals surface area contributed by atoms with Gasteiger partial charge in [-0.3, -0.25) is 4.79 Å². The highest BCUT2D eigenvalue weighted by Crippen LogP contribution is 2.38. The number of benzene rings is 2. The van der Waals surface area contributed by atoms with E-state index in [1.807, 2.05) is 0 Å². The summed E-state index contributed by atoms with van der Waals surface area (Å²) >= 11 is 6.71. The number of ether oxygens (including phenoxy) is 2. The van der Waals surface area contributed by atoms with Crippen molar-refractivity contribution in [3.8, 4) is 17.2 Å². The van der Waals surface area contributed by atoms with Crippen molar-refractivity contribution in [2.24, 2.45) is 5.10 Å². The van der Waals surface area contributed by atoms with Crippen LogP contribution in [0.2, 0.25) is 0 Å². The first kappa shape index (κ1) is 19.3. The van der Waals surface area contributed by atoms with Crippen molar-refractivity contribution in [1.82, 2.24) is 5.43 Å². The number of amides is 1. The minimum atomic E-state index is -0.444. The first-order chi connectivity index (χ1) is 11.9. The summed E-state index contributed by atoms with van der Waals surface area (Å²) in [6.45, 7) is 1.54. The number of rotatable bonds is 6. The number of halogens is 2. The van der Waals surface area contributed by atoms with Crippen LogP contribution in [0.25, 0.3) is 0 Å². The number of hydrogen-bond acceptors (Lipinski definition) is 5. The van der Waals surface area contributed by atoms with Crippen LogP contribution in [0.3, 0.4) is 0 Å². The molecule has 132 valence electrons. The zero-order valence-electron chi connectivity index (χ0n) is 13.5. The van der Waals surface area contributed by atoms with Gasteiger partial charge in [-0.05, 0) is 46.6 Å². The molecule has 2 aromatic rings. The van der Waals surface area contributed by atoms with Crippen LogP contribution in [0.5, 0.6) is 17.2 Å². The lowest BCUT2D eigenvalue weighted by Crippen LogP contribution is -2.24. The number of phenols is 1. The summed E-state index contributed by atoms with van der Waals surface area (Å²) in [6.07, 6.45) is 1.37. The van der Waals surface area contributed by atoms with Crippen molar-refractivity contribution in [3.63, 3.8) is 0 Å². The average Bonchev–Trinajstić information content (AvgIpc) is 2.57. The molecule has 2 N–H and O–H groups in total. The van der Waals surface area contributed by atoms with E-state index in [0.29, 0.717) is 21.5 Å².